The van der Waals surface area contributed by atoms with E-state index in [-0.39, 0.29) is 0 Å². The van der Waals surface area contributed by atoms with Crippen molar-refractivity contribution in [2.45, 2.75) is 60.8 Å². The molecule has 0 radical (unpaired) electrons. The van der Waals surface area contributed by atoms with E-state index in [1.807, 2.05) is 0 Å². The molecule has 0 aliphatic carbocycles. The summed E-state index contributed by atoms with van der Waals surface area (Å²) in [6.45, 7) is 14.1. The molecule has 0 rings (SSSR count). The molecule has 0 saturated carbocycles. The van der Waals surface area contributed by atoms with Gasteiger partial charge in [-0.25, -0.2) is 0 Å². The first-order chi connectivity index (χ1) is 6.17. The molecule has 14 heavy (non-hydrogen) atoms. The van der Waals surface area contributed by atoms with Gasteiger partial charge in [-0.3, -0.25) is 0 Å². The fraction of sp³-hybridized carbons (Fsp3) is 1.00. The summed E-state index contributed by atoms with van der Waals surface area (Å²) in [5, 5.41) is 0. The number of hydrogen-bond donors (Lipinski definition) is 0. The lowest BCUT2D eigenvalue weighted by Crippen LogP contribution is -2.22. The smallest absolute Gasteiger partial charge is 0.0331 e. The van der Waals surface area contributed by atoms with Crippen molar-refractivity contribution in [1.82, 2.24) is 0 Å². The van der Waals surface area contributed by atoms with Crippen molar-refractivity contribution in [3.8, 4) is 0 Å². The van der Waals surface area contributed by atoms with Crippen molar-refractivity contribution < 1.29 is 0 Å². The Bertz CT molecular complexity index is 148. The topological polar surface area (TPSA) is 0 Å². The van der Waals surface area contributed by atoms with Crippen LogP contribution in [0.1, 0.15) is 60.8 Å². The van der Waals surface area contributed by atoms with Crippen molar-refractivity contribution in [3.63, 3.8) is 0 Å². The van der Waals surface area contributed by atoms with Crippen LogP contribution in [0.5, 0.6) is 0 Å². The van der Waals surface area contributed by atoms with Gasteiger partial charge in [-0.2, -0.15) is 0 Å². The van der Waals surface area contributed by atoms with Gasteiger partial charge < -0.3 is 0 Å². The molecule has 0 bridgehead atoms. The van der Waals surface area contributed by atoms with Crippen molar-refractivity contribution in [1.29, 1.82) is 0 Å². The van der Waals surface area contributed by atoms with Crippen LogP contribution in [-0.4, -0.2) is 6.16 Å². The minimum Gasteiger partial charge on any atom is -0.137 e. The zero-order valence-corrected chi connectivity index (χ0v) is 12.1. The van der Waals surface area contributed by atoms with Gasteiger partial charge in [0.05, 0.1) is 0 Å². The van der Waals surface area contributed by atoms with Crippen molar-refractivity contribution in [3.05, 3.63) is 0 Å². The van der Waals surface area contributed by atoms with E-state index in [0.29, 0.717) is 10.8 Å². The molecule has 0 aromatic heterocycles. The average Bonchev–Trinajstić information content (AvgIpc) is 1.93. The molecular weight excluding hydrogens is 187 g/mol. The average molecular weight is 216 g/mol. The van der Waals surface area contributed by atoms with E-state index in [0.717, 1.165) is 5.92 Å². The van der Waals surface area contributed by atoms with Gasteiger partial charge in [0.15, 0.2) is 0 Å². The maximum atomic E-state index is 2.91. The van der Waals surface area contributed by atoms with E-state index in [4.69, 9.17) is 0 Å². The SMILES string of the molecule is CC(C)(C)CCCC(CP)C(C)(C)C. The minimum absolute atomic E-state index is 0.472. The predicted molar refractivity (Wildman–Crippen MR) is 70.8 cm³/mol. The first-order valence-electron chi connectivity index (χ1n) is 5.87. The lowest BCUT2D eigenvalue weighted by atomic mass is 9.77. The van der Waals surface area contributed by atoms with Crippen LogP contribution in [0.2, 0.25) is 0 Å². The highest BCUT2D eigenvalue weighted by molar-refractivity contribution is 7.16. The van der Waals surface area contributed by atoms with Crippen molar-refractivity contribution >= 4 is 9.24 Å². The molecule has 0 spiro atoms. The van der Waals surface area contributed by atoms with Crippen molar-refractivity contribution in [2.24, 2.45) is 16.7 Å². The third-order valence-electron chi connectivity index (χ3n) is 2.99. The van der Waals surface area contributed by atoms with Crippen LogP contribution in [0.25, 0.3) is 0 Å². The minimum atomic E-state index is 0.472. The molecule has 0 aromatic carbocycles. The highest BCUT2D eigenvalue weighted by Gasteiger charge is 2.23. The summed E-state index contributed by atoms with van der Waals surface area (Å²) < 4.78 is 0. The van der Waals surface area contributed by atoms with Gasteiger partial charge in [0.1, 0.15) is 0 Å². The van der Waals surface area contributed by atoms with Gasteiger partial charge in [-0.05, 0) is 35.8 Å². The Labute approximate surface area is 93.4 Å². The van der Waals surface area contributed by atoms with Crippen LogP contribution in [0.15, 0.2) is 0 Å². The monoisotopic (exact) mass is 216 g/mol. The first-order valence-corrected chi connectivity index (χ1v) is 6.68. The molecule has 0 amide bonds. The molecule has 2 unspecified atom stereocenters. The second-order valence-electron chi connectivity index (χ2n) is 6.75. The van der Waals surface area contributed by atoms with Crippen LogP contribution in [0.3, 0.4) is 0 Å². The zero-order valence-electron chi connectivity index (χ0n) is 11.0. The van der Waals surface area contributed by atoms with Gasteiger partial charge >= 0.3 is 0 Å². The molecular formula is C13H29P. The Morgan fingerprint density at radius 2 is 1.50 bits per heavy atom. The van der Waals surface area contributed by atoms with Crippen LogP contribution in [-0.2, 0) is 0 Å². The van der Waals surface area contributed by atoms with Crippen LogP contribution in [0.4, 0.5) is 0 Å². The zero-order chi connectivity index (χ0) is 11.4. The lowest BCUT2D eigenvalue weighted by molar-refractivity contribution is 0.233. The van der Waals surface area contributed by atoms with Gasteiger partial charge in [0.2, 0.25) is 0 Å². The summed E-state index contributed by atoms with van der Waals surface area (Å²) in [6.07, 6.45) is 5.35. The Kier molecular flexibility index (Phi) is 5.67. The van der Waals surface area contributed by atoms with E-state index in [2.05, 4.69) is 50.8 Å². The number of hydrogen-bond acceptors (Lipinski definition) is 0. The molecule has 2 atom stereocenters. The summed E-state index contributed by atoms with van der Waals surface area (Å²) >= 11 is 0. The summed E-state index contributed by atoms with van der Waals surface area (Å²) in [4.78, 5) is 0. The fourth-order valence-corrected chi connectivity index (χ4v) is 2.73. The molecule has 0 aliphatic heterocycles. The second kappa shape index (κ2) is 5.50. The van der Waals surface area contributed by atoms with Gasteiger partial charge in [0, 0.05) is 0 Å². The summed E-state index contributed by atoms with van der Waals surface area (Å²) in [7, 11) is 2.91. The standard InChI is InChI=1S/C13H29P/c1-12(2,3)9-7-8-11(10-14)13(4,5)6/h11H,7-10,14H2,1-6H3. The van der Waals surface area contributed by atoms with E-state index in [1.54, 1.807) is 0 Å². The molecule has 0 saturated heterocycles. The molecule has 0 N–H and O–H groups in total. The highest BCUT2D eigenvalue weighted by Crippen LogP contribution is 2.33. The molecule has 0 aliphatic rings. The fourth-order valence-electron chi connectivity index (χ4n) is 1.78. The van der Waals surface area contributed by atoms with Gasteiger partial charge in [0.25, 0.3) is 0 Å². The molecule has 1 heteroatoms. The first kappa shape index (κ1) is 14.4. The Hall–Kier alpha value is 0.430. The van der Waals surface area contributed by atoms with E-state index < -0.39 is 0 Å². The second-order valence-corrected chi connectivity index (χ2v) is 7.22. The number of rotatable bonds is 4. The molecule has 86 valence electrons. The third-order valence-corrected chi connectivity index (χ3v) is 3.56. The summed E-state index contributed by atoms with van der Waals surface area (Å²) in [5.74, 6) is 0.856. The summed E-state index contributed by atoms with van der Waals surface area (Å²) in [6, 6.07) is 0. The lowest BCUT2D eigenvalue weighted by Gasteiger charge is -2.30. The van der Waals surface area contributed by atoms with Crippen molar-refractivity contribution in [2.75, 3.05) is 6.16 Å². The Balaban J connectivity index is 3.87. The summed E-state index contributed by atoms with van der Waals surface area (Å²) in [5.41, 5.74) is 0.975. The maximum absolute atomic E-state index is 2.91. The van der Waals surface area contributed by atoms with Gasteiger partial charge in [-0.15, -0.1) is 9.24 Å². The Morgan fingerprint density at radius 1 is 1.00 bits per heavy atom. The Morgan fingerprint density at radius 3 is 1.79 bits per heavy atom. The van der Waals surface area contributed by atoms with E-state index >= 15 is 0 Å². The molecule has 0 nitrogen and oxygen atoms in total. The largest absolute Gasteiger partial charge is 0.137 e. The molecule has 0 fully saturated rings. The maximum Gasteiger partial charge on any atom is -0.0331 e. The highest BCUT2D eigenvalue weighted by atomic mass is 31.0. The quantitative estimate of drug-likeness (QED) is 0.595. The van der Waals surface area contributed by atoms with E-state index in [1.165, 1.54) is 25.4 Å². The van der Waals surface area contributed by atoms with Gasteiger partial charge in [-0.1, -0.05) is 48.0 Å². The van der Waals surface area contributed by atoms with Crippen LogP contribution >= 0.6 is 9.24 Å². The normalized spacial score (nSPS) is 15.6. The van der Waals surface area contributed by atoms with Crippen LogP contribution in [0, 0.1) is 16.7 Å². The molecule has 0 heterocycles. The van der Waals surface area contributed by atoms with E-state index in [9.17, 15) is 0 Å². The van der Waals surface area contributed by atoms with Crippen LogP contribution < -0.4 is 0 Å². The molecule has 0 aromatic rings. The predicted octanol–water partition coefficient (Wildman–Crippen LogP) is 4.74. The third kappa shape index (κ3) is 6.82.